The Hall–Kier alpha value is -2.96. The number of amides is 1. The van der Waals surface area contributed by atoms with Crippen molar-refractivity contribution in [1.82, 2.24) is 20.2 Å². The van der Waals surface area contributed by atoms with Gasteiger partial charge in [0.25, 0.3) is 5.91 Å². The molecule has 1 fully saturated rings. The Morgan fingerprint density at radius 3 is 2.76 bits per heavy atom. The van der Waals surface area contributed by atoms with Crippen molar-refractivity contribution < 1.29 is 13.8 Å². The van der Waals surface area contributed by atoms with Crippen LogP contribution in [-0.4, -0.2) is 32.6 Å². The fraction of sp³-hybridized carbons (Fsp3) is 0.333. The molecule has 1 saturated heterocycles. The largest absolute Gasteiger partial charge is 0.351 e. The van der Waals surface area contributed by atoms with Crippen LogP contribution in [0.25, 0.3) is 11.4 Å². The lowest BCUT2D eigenvalue weighted by molar-refractivity contribution is 0.0520. The molecule has 0 N–H and O–H groups in total. The number of hydrogen-bond donors (Lipinski definition) is 0. The quantitative estimate of drug-likeness (QED) is 0.727. The van der Waals surface area contributed by atoms with Crippen molar-refractivity contribution in [2.45, 2.75) is 32.2 Å². The Labute approximate surface area is 144 Å². The molecule has 1 aromatic carbocycles. The van der Waals surface area contributed by atoms with E-state index in [1.165, 1.54) is 0 Å². The molecular formula is C18H18N4O3. The molecule has 128 valence electrons. The normalized spacial score (nSPS) is 17.6. The molecule has 0 aliphatic carbocycles. The maximum Gasteiger partial charge on any atom is 0.293 e. The molecule has 0 radical (unpaired) electrons. The smallest absolute Gasteiger partial charge is 0.293 e. The maximum atomic E-state index is 12.8. The molecule has 7 heteroatoms. The molecule has 0 bridgehead atoms. The predicted molar refractivity (Wildman–Crippen MR) is 88.6 cm³/mol. The van der Waals surface area contributed by atoms with Crippen LogP contribution >= 0.6 is 0 Å². The van der Waals surface area contributed by atoms with Crippen molar-refractivity contribution in [3.63, 3.8) is 0 Å². The summed E-state index contributed by atoms with van der Waals surface area (Å²) in [5, 5.41) is 7.87. The van der Waals surface area contributed by atoms with E-state index in [4.69, 9.17) is 9.05 Å². The summed E-state index contributed by atoms with van der Waals surface area (Å²) in [4.78, 5) is 19.0. The summed E-state index contributed by atoms with van der Waals surface area (Å²) in [6.45, 7) is 2.42. The summed E-state index contributed by atoms with van der Waals surface area (Å²) in [5.41, 5.74) is 1.57. The van der Waals surface area contributed by atoms with Gasteiger partial charge in [0.15, 0.2) is 0 Å². The number of rotatable bonds is 3. The fourth-order valence-electron chi connectivity index (χ4n) is 3.11. The lowest BCUT2D eigenvalue weighted by Crippen LogP contribution is -2.38. The van der Waals surface area contributed by atoms with Crippen LogP contribution in [-0.2, 0) is 0 Å². The highest BCUT2D eigenvalue weighted by molar-refractivity contribution is 5.91. The van der Waals surface area contributed by atoms with E-state index in [1.807, 2.05) is 30.3 Å². The highest BCUT2D eigenvalue weighted by Gasteiger charge is 2.34. The van der Waals surface area contributed by atoms with E-state index < -0.39 is 0 Å². The van der Waals surface area contributed by atoms with Gasteiger partial charge in [-0.3, -0.25) is 4.79 Å². The zero-order valence-electron chi connectivity index (χ0n) is 13.9. The van der Waals surface area contributed by atoms with E-state index in [9.17, 15) is 4.79 Å². The van der Waals surface area contributed by atoms with Gasteiger partial charge in [-0.1, -0.05) is 40.6 Å². The summed E-state index contributed by atoms with van der Waals surface area (Å²) in [7, 11) is 0. The Bertz CT molecular complexity index is 871. The third-order valence-electron chi connectivity index (χ3n) is 4.36. The van der Waals surface area contributed by atoms with Gasteiger partial charge >= 0.3 is 0 Å². The number of piperidine rings is 1. The first-order chi connectivity index (χ1) is 12.2. The first-order valence-corrected chi connectivity index (χ1v) is 8.35. The molecule has 4 rings (SSSR count). The first-order valence-electron chi connectivity index (χ1n) is 8.35. The second-order valence-corrected chi connectivity index (χ2v) is 6.16. The number of aryl methyl sites for hydroxylation is 1. The molecule has 25 heavy (non-hydrogen) atoms. The third-order valence-corrected chi connectivity index (χ3v) is 4.36. The number of benzene rings is 1. The number of likely N-dealkylation sites (tertiary alicyclic amines) is 1. The average molecular weight is 338 g/mol. The molecule has 1 aliphatic heterocycles. The van der Waals surface area contributed by atoms with Crippen molar-refractivity contribution in [1.29, 1.82) is 0 Å². The van der Waals surface area contributed by atoms with Crippen LogP contribution < -0.4 is 0 Å². The summed E-state index contributed by atoms with van der Waals surface area (Å²) in [5.74, 6) is 1.05. The minimum Gasteiger partial charge on any atom is -0.351 e. The summed E-state index contributed by atoms with van der Waals surface area (Å²) in [6.07, 6.45) is 2.73. The van der Waals surface area contributed by atoms with Crippen LogP contribution in [0.15, 0.2) is 45.4 Å². The lowest BCUT2D eigenvalue weighted by atomic mass is 10.0. The molecule has 7 nitrogen and oxygen atoms in total. The number of hydrogen-bond acceptors (Lipinski definition) is 6. The molecule has 0 unspecified atom stereocenters. The van der Waals surface area contributed by atoms with E-state index in [0.29, 0.717) is 24.0 Å². The van der Waals surface area contributed by atoms with Gasteiger partial charge in [-0.15, -0.1) is 0 Å². The van der Waals surface area contributed by atoms with Gasteiger partial charge in [-0.2, -0.15) is 4.98 Å². The second kappa shape index (κ2) is 6.51. The molecule has 0 saturated carbocycles. The van der Waals surface area contributed by atoms with Crippen molar-refractivity contribution >= 4 is 5.91 Å². The molecule has 2 aromatic heterocycles. The molecule has 1 aliphatic rings. The highest BCUT2D eigenvalue weighted by atomic mass is 16.5. The predicted octanol–water partition coefficient (Wildman–Crippen LogP) is 3.40. The van der Waals surface area contributed by atoms with E-state index in [-0.39, 0.29) is 17.7 Å². The lowest BCUT2D eigenvalue weighted by Gasteiger charge is -2.32. The Morgan fingerprint density at radius 2 is 2.00 bits per heavy atom. The van der Waals surface area contributed by atoms with Gasteiger partial charge in [0.1, 0.15) is 6.04 Å². The first kappa shape index (κ1) is 15.6. The van der Waals surface area contributed by atoms with Crippen LogP contribution in [0.2, 0.25) is 0 Å². The van der Waals surface area contributed by atoms with E-state index in [1.54, 1.807) is 17.9 Å². The maximum absolute atomic E-state index is 12.8. The number of carbonyl (C=O) groups excluding carboxylic acids is 1. The molecule has 1 amide bonds. The minimum atomic E-state index is -0.239. The minimum absolute atomic E-state index is 0.190. The highest BCUT2D eigenvalue weighted by Crippen LogP contribution is 2.32. The van der Waals surface area contributed by atoms with Crippen molar-refractivity contribution in [2.75, 3.05) is 6.54 Å². The molecule has 3 aromatic rings. The standard InChI is InChI=1S/C18H18N4O3/c1-12-11-15(24-20-12)18(23)22-10-6-5-9-14(22)17-19-16(21-25-17)13-7-3-2-4-8-13/h2-4,7-8,11,14H,5-6,9-10H2,1H3/t14-/m0/s1. The zero-order valence-corrected chi connectivity index (χ0v) is 13.9. The summed E-state index contributed by atoms with van der Waals surface area (Å²) in [6, 6.07) is 11.0. The zero-order chi connectivity index (χ0) is 17.2. The van der Waals surface area contributed by atoms with Crippen LogP contribution in [0, 0.1) is 6.92 Å². The SMILES string of the molecule is Cc1cc(C(=O)N2CCCC[C@H]2c2nc(-c3ccccc3)no2)on1. The number of aromatic nitrogens is 3. The summed E-state index contributed by atoms with van der Waals surface area (Å²) >= 11 is 0. The Balaban J connectivity index is 1.61. The van der Waals surface area contributed by atoms with Crippen LogP contribution in [0.4, 0.5) is 0 Å². The van der Waals surface area contributed by atoms with Crippen LogP contribution in [0.1, 0.15) is 47.4 Å². The van der Waals surface area contributed by atoms with Crippen molar-refractivity contribution in [2.24, 2.45) is 0 Å². The second-order valence-electron chi connectivity index (χ2n) is 6.16. The van der Waals surface area contributed by atoms with Gasteiger partial charge in [0, 0.05) is 18.2 Å². The fourth-order valence-corrected chi connectivity index (χ4v) is 3.11. The average Bonchev–Trinajstić information content (AvgIpc) is 3.31. The van der Waals surface area contributed by atoms with Crippen LogP contribution in [0.5, 0.6) is 0 Å². The van der Waals surface area contributed by atoms with Crippen molar-refractivity contribution in [3.05, 3.63) is 53.7 Å². The molecule has 1 atom stereocenters. The van der Waals surface area contributed by atoms with E-state index >= 15 is 0 Å². The molecule has 0 spiro atoms. The monoisotopic (exact) mass is 338 g/mol. The van der Waals surface area contributed by atoms with Gasteiger partial charge in [-0.25, -0.2) is 0 Å². The van der Waals surface area contributed by atoms with E-state index in [2.05, 4.69) is 15.3 Å². The Kier molecular flexibility index (Phi) is 4.05. The number of nitrogens with zero attached hydrogens (tertiary/aromatic N) is 4. The third kappa shape index (κ3) is 3.05. The number of carbonyl (C=O) groups is 1. The Morgan fingerprint density at radius 1 is 1.16 bits per heavy atom. The van der Waals surface area contributed by atoms with E-state index in [0.717, 1.165) is 24.8 Å². The van der Waals surface area contributed by atoms with Gasteiger partial charge < -0.3 is 13.9 Å². The topological polar surface area (TPSA) is 85.3 Å². The van der Waals surface area contributed by atoms with Gasteiger partial charge in [-0.05, 0) is 26.2 Å². The molecular weight excluding hydrogens is 320 g/mol. The summed E-state index contributed by atoms with van der Waals surface area (Å²) < 4.78 is 10.6. The molecule has 3 heterocycles. The van der Waals surface area contributed by atoms with Crippen LogP contribution in [0.3, 0.4) is 0 Å². The van der Waals surface area contributed by atoms with Gasteiger partial charge in [0.05, 0.1) is 5.69 Å². The van der Waals surface area contributed by atoms with Gasteiger partial charge in [0.2, 0.25) is 17.5 Å². The van der Waals surface area contributed by atoms with Crippen molar-refractivity contribution in [3.8, 4) is 11.4 Å².